The molecule has 0 aliphatic heterocycles. The van der Waals surface area contributed by atoms with E-state index in [0.717, 1.165) is 19.3 Å². The summed E-state index contributed by atoms with van der Waals surface area (Å²) in [4.78, 5) is 9.96. The van der Waals surface area contributed by atoms with Crippen molar-refractivity contribution in [2.45, 2.75) is 58.0 Å². The van der Waals surface area contributed by atoms with Gasteiger partial charge in [-0.25, -0.2) is 0 Å². The van der Waals surface area contributed by atoms with Gasteiger partial charge in [0.25, 0.3) is 0 Å². The molecular formula is C14H25NO2. The molecule has 0 aromatic rings. The molecule has 1 aliphatic carbocycles. The fraction of sp³-hybridized carbons (Fsp3) is 0.857. The van der Waals surface area contributed by atoms with Crippen LogP contribution in [0.3, 0.4) is 0 Å². The average molecular weight is 239 g/mol. The third-order valence-electron chi connectivity index (χ3n) is 3.59. The number of unbranched alkanes of at least 4 members (excludes halogenated alkanes) is 1. The maximum atomic E-state index is 9.96. The zero-order valence-corrected chi connectivity index (χ0v) is 11.2. The lowest BCUT2D eigenvalue weighted by atomic mass is 9.85. The minimum absolute atomic E-state index is 0.456. The molecule has 98 valence electrons. The highest BCUT2D eigenvalue weighted by molar-refractivity contribution is 5.02. The summed E-state index contributed by atoms with van der Waals surface area (Å²) < 4.78 is 5.44. The van der Waals surface area contributed by atoms with Gasteiger partial charge in [0.1, 0.15) is 0 Å². The molecule has 0 radical (unpaired) electrons. The Kier molecular flexibility index (Phi) is 7.10. The first-order valence-electron chi connectivity index (χ1n) is 6.75. The van der Waals surface area contributed by atoms with Crippen LogP contribution in [0.4, 0.5) is 0 Å². The van der Waals surface area contributed by atoms with Crippen molar-refractivity contribution >= 4 is 0 Å². The van der Waals surface area contributed by atoms with Crippen molar-refractivity contribution in [3.05, 3.63) is 16.6 Å². The van der Waals surface area contributed by atoms with Crippen LogP contribution in [0.1, 0.15) is 51.9 Å². The van der Waals surface area contributed by atoms with Gasteiger partial charge in [-0.15, -0.1) is 0 Å². The highest BCUT2D eigenvalue weighted by Crippen LogP contribution is 2.28. The first kappa shape index (κ1) is 14.4. The van der Waals surface area contributed by atoms with E-state index in [1.165, 1.54) is 31.3 Å². The highest BCUT2D eigenvalue weighted by Gasteiger charge is 2.19. The largest absolute Gasteiger partial charge is 0.381 e. The predicted molar refractivity (Wildman–Crippen MR) is 71.0 cm³/mol. The number of nitrogens with zero attached hydrogens (tertiary/aromatic N) is 1. The summed E-state index contributed by atoms with van der Waals surface area (Å²) in [5.74, 6) is 0.692. The van der Waals surface area contributed by atoms with Crippen LogP contribution in [-0.2, 0) is 4.74 Å². The second kappa shape index (κ2) is 8.40. The topological polar surface area (TPSA) is 38.7 Å². The summed E-state index contributed by atoms with van der Waals surface area (Å²) in [5, 5.41) is 2.88. The van der Waals surface area contributed by atoms with E-state index in [1.807, 2.05) is 7.11 Å². The molecule has 0 aromatic carbocycles. The Balaban J connectivity index is 2.26. The Morgan fingerprint density at radius 2 is 2.24 bits per heavy atom. The smallest absolute Gasteiger partial charge is 0.0811 e. The van der Waals surface area contributed by atoms with Crippen LogP contribution in [0.25, 0.3) is 0 Å². The summed E-state index contributed by atoms with van der Waals surface area (Å²) >= 11 is 0. The molecule has 0 amide bonds. The SMILES string of the molecule is CO[C@H]1CCCC(/C=C(\C)CCCCN=O)C1. The zero-order valence-electron chi connectivity index (χ0n) is 11.2. The van der Waals surface area contributed by atoms with Gasteiger partial charge in [-0.1, -0.05) is 23.2 Å². The fourth-order valence-corrected chi connectivity index (χ4v) is 2.61. The van der Waals surface area contributed by atoms with Crippen molar-refractivity contribution in [1.29, 1.82) is 0 Å². The number of hydrogen-bond donors (Lipinski definition) is 0. The van der Waals surface area contributed by atoms with Crippen molar-refractivity contribution in [3.63, 3.8) is 0 Å². The quantitative estimate of drug-likeness (QED) is 0.381. The van der Waals surface area contributed by atoms with Crippen molar-refractivity contribution in [2.75, 3.05) is 13.7 Å². The number of methoxy groups -OCH3 is 1. The lowest BCUT2D eigenvalue weighted by Gasteiger charge is -2.26. The molecule has 0 aromatic heterocycles. The van der Waals surface area contributed by atoms with E-state index in [0.29, 0.717) is 18.6 Å². The summed E-state index contributed by atoms with van der Waals surface area (Å²) in [6.45, 7) is 2.66. The summed E-state index contributed by atoms with van der Waals surface area (Å²) in [7, 11) is 1.82. The van der Waals surface area contributed by atoms with Crippen molar-refractivity contribution in [2.24, 2.45) is 11.1 Å². The minimum Gasteiger partial charge on any atom is -0.381 e. The molecule has 0 spiro atoms. The maximum absolute atomic E-state index is 9.96. The Hall–Kier alpha value is -0.700. The molecule has 3 heteroatoms. The van der Waals surface area contributed by atoms with Crippen LogP contribution in [0.2, 0.25) is 0 Å². The van der Waals surface area contributed by atoms with Gasteiger partial charge in [0.2, 0.25) is 0 Å². The third-order valence-corrected chi connectivity index (χ3v) is 3.59. The summed E-state index contributed by atoms with van der Waals surface area (Å²) in [6, 6.07) is 0. The van der Waals surface area contributed by atoms with Gasteiger partial charge in [0.15, 0.2) is 0 Å². The van der Waals surface area contributed by atoms with E-state index in [2.05, 4.69) is 18.2 Å². The van der Waals surface area contributed by atoms with E-state index < -0.39 is 0 Å². The van der Waals surface area contributed by atoms with E-state index in [-0.39, 0.29) is 0 Å². The Labute approximate surface area is 105 Å². The molecular weight excluding hydrogens is 214 g/mol. The van der Waals surface area contributed by atoms with Crippen LogP contribution in [0.5, 0.6) is 0 Å². The van der Waals surface area contributed by atoms with Crippen LogP contribution >= 0.6 is 0 Å². The zero-order chi connectivity index (χ0) is 12.5. The standard InChI is InChI=1S/C14H25NO2/c1-12(6-3-4-9-15-16)10-13-7-5-8-14(11-13)17-2/h10,13-14H,3-9,11H2,1-2H3/b12-10+/t13?,14-/m0/s1. The Morgan fingerprint density at radius 3 is 2.94 bits per heavy atom. The van der Waals surface area contributed by atoms with E-state index in [1.54, 1.807) is 0 Å². The molecule has 17 heavy (non-hydrogen) atoms. The molecule has 0 N–H and O–H groups in total. The van der Waals surface area contributed by atoms with Crippen molar-refractivity contribution in [3.8, 4) is 0 Å². The molecule has 1 aliphatic rings. The number of allylic oxidation sites excluding steroid dienone is 2. The molecule has 0 heterocycles. The number of ether oxygens (including phenoxy) is 1. The van der Waals surface area contributed by atoms with Gasteiger partial charge < -0.3 is 4.74 Å². The molecule has 1 rings (SSSR count). The van der Waals surface area contributed by atoms with Gasteiger partial charge in [0, 0.05) is 7.11 Å². The van der Waals surface area contributed by atoms with Crippen molar-refractivity contribution in [1.82, 2.24) is 0 Å². The van der Waals surface area contributed by atoms with Crippen LogP contribution in [0.15, 0.2) is 16.8 Å². The highest BCUT2D eigenvalue weighted by atomic mass is 16.5. The normalized spacial score (nSPS) is 25.9. The molecule has 3 nitrogen and oxygen atoms in total. The lowest BCUT2D eigenvalue weighted by molar-refractivity contribution is 0.0588. The van der Waals surface area contributed by atoms with Gasteiger partial charge in [-0.2, -0.15) is 4.91 Å². The molecule has 1 unspecified atom stereocenters. The monoisotopic (exact) mass is 239 g/mol. The van der Waals surface area contributed by atoms with Crippen LogP contribution < -0.4 is 0 Å². The summed E-state index contributed by atoms with van der Waals surface area (Å²) in [6.07, 6.45) is 10.9. The molecule has 1 fully saturated rings. The number of hydrogen-bond acceptors (Lipinski definition) is 3. The van der Waals surface area contributed by atoms with Crippen LogP contribution in [0, 0.1) is 10.8 Å². The maximum Gasteiger partial charge on any atom is 0.0811 e. The van der Waals surface area contributed by atoms with Crippen molar-refractivity contribution < 1.29 is 4.74 Å². The third kappa shape index (κ3) is 5.97. The van der Waals surface area contributed by atoms with Gasteiger partial charge in [-0.05, 0) is 51.4 Å². The lowest BCUT2D eigenvalue weighted by Crippen LogP contribution is -2.20. The second-order valence-electron chi connectivity index (χ2n) is 5.11. The predicted octanol–water partition coefficient (Wildman–Crippen LogP) is 4.07. The summed E-state index contributed by atoms with van der Waals surface area (Å²) in [5.41, 5.74) is 1.46. The van der Waals surface area contributed by atoms with Crippen LogP contribution in [-0.4, -0.2) is 19.8 Å². The Morgan fingerprint density at radius 1 is 1.41 bits per heavy atom. The minimum atomic E-state index is 0.456. The van der Waals surface area contributed by atoms with E-state index in [9.17, 15) is 4.91 Å². The molecule has 2 atom stereocenters. The molecule has 0 bridgehead atoms. The van der Waals surface area contributed by atoms with Gasteiger partial charge in [-0.3, -0.25) is 0 Å². The number of rotatable bonds is 7. The van der Waals surface area contributed by atoms with E-state index >= 15 is 0 Å². The average Bonchev–Trinajstić information content (AvgIpc) is 2.35. The first-order chi connectivity index (χ1) is 8.26. The van der Waals surface area contributed by atoms with Gasteiger partial charge in [0.05, 0.1) is 12.6 Å². The Bertz CT molecular complexity index is 251. The second-order valence-corrected chi connectivity index (χ2v) is 5.11. The molecule has 1 saturated carbocycles. The number of nitroso groups, excluding NO2 is 1. The first-order valence-corrected chi connectivity index (χ1v) is 6.75. The fourth-order valence-electron chi connectivity index (χ4n) is 2.61. The molecule has 0 saturated heterocycles. The van der Waals surface area contributed by atoms with Gasteiger partial charge >= 0.3 is 0 Å². The van der Waals surface area contributed by atoms with E-state index in [4.69, 9.17) is 4.74 Å².